The monoisotopic (exact) mass is 308 g/mol. The Morgan fingerprint density at radius 3 is 2.70 bits per heavy atom. The summed E-state index contributed by atoms with van der Waals surface area (Å²) in [5.74, 6) is 1.80. The third-order valence-corrected chi connectivity index (χ3v) is 3.51. The minimum absolute atomic E-state index is 0.288. The molecule has 20 heavy (non-hydrogen) atoms. The van der Waals surface area contributed by atoms with E-state index >= 15 is 0 Å². The van der Waals surface area contributed by atoms with E-state index in [1.165, 1.54) is 0 Å². The van der Waals surface area contributed by atoms with Gasteiger partial charge in [-0.05, 0) is 24.3 Å². The van der Waals surface area contributed by atoms with Crippen LogP contribution in [0.5, 0.6) is 5.75 Å². The smallest absolute Gasteiger partial charge is 0.223 e. The molecule has 8 heteroatoms. The van der Waals surface area contributed by atoms with Crippen LogP contribution in [0.3, 0.4) is 0 Å². The average molecular weight is 309 g/mol. The minimum atomic E-state index is 0.288. The normalized spacial score (nSPS) is 10.7. The highest BCUT2D eigenvalue weighted by Gasteiger charge is 2.08. The molecule has 6 nitrogen and oxygen atoms in total. The fraction of sp³-hybridized carbons (Fsp3) is 0.167. The summed E-state index contributed by atoms with van der Waals surface area (Å²) in [6.07, 6.45) is 0. The molecule has 3 aromatic rings. The Bertz CT molecular complexity index is 710. The van der Waals surface area contributed by atoms with Crippen molar-refractivity contribution in [1.29, 1.82) is 0 Å². The first-order chi connectivity index (χ1) is 9.72. The lowest BCUT2D eigenvalue weighted by Gasteiger charge is -2.04. The van der Waals surface area contributed by atoms with Crippen molar-refractivity contribution in [3.05, 3.63) is 40.2 Å². The van der Waals surface area contributed by atoms with Gasteiger partial charge < -0.3 is 9.26 Å². The van der Waals surface area contributed by atoms with Gasteiger partial charge >= 0.3 is 0 Å². The molecule has 0 saturated carbocycles. The van der Waals surface area contributed by atoms with E-state index in [0.717, 1.165) is 17.1 Å². The van der Waals surface area contributed by atoms with Crippen molar-refractivity contribution in [3.63, 3.8) is 0 Å². The van der Waals surface area contributed by atoms with Crippen molar-refractivity contribution < 1.29 is 9.26 Å². The van der Waals surface area contributed by atoms with Crippen molar-refractivity contribution in [2.45, 2.75) is 13.5 Å². The number of hydrogen-bond acceptors (Lipinski definition) is 7. The number of nitrogens with zero attached hydrogens (tertiary/aromatic N) is 4. The summed E-state index contributed by atoms with van der Waals surface area (Å²) < 4.78 is 14.8. The van der Waals surface area contributed by atoms with Crippen LogP contribution in [-0.2, 0) is 6.61 Å². The van der Waals surface area contributed by atoms with Gasteiger partial charge in [-0.15, -0.1) is 5.10 Å². The first-order valence-corrected chi connectivity index (χ1v) is 6.88. The molecule has 0 fully saturated rings. The molecule has 102 valence electrons. The van der Waals surface area contributed by atoms with Gasteiger partial charge in [-0.25, -0.2) is 0 Å². The number of aromatic nitrogens is 4. The summed E-state index contributed by atoms with van der Waals surface area (Å²) in [6.45, 7) is 2.04. The average Bonchev–Trinajstić information content (AvgIpc) is 3.06. The summed E-state index contributed by atoms with van der Waals surface area (Å²) in [5, 5.41) is 7.73. The molecule has 2 aromatic heterocycles. The maximum absolute atomic E-state index is 5.90. The second kappa shape index (κ2) is 5.56. The molecular weight excluding hydrogens is 300 g/mol. The summed E-state index contributed by atoms with van der Waals surface area (Å²) in [4.78, 5) is 4.16. The highest BCUT2D eigenvalue weighted by Crippen LogP contribution is 2.22. The van der Waals surface area contributed by atoms with Crippen LogP contribution >= 0.6 is 23.1 Å². The van der Waals surface area contributed by atoms with E-state index < -0.39 is 0 Å². The number of hydrogen-bond donors (Lipinski definition) is 0. The molecule has 0 spiro atoms. The minimum Gasteiger partial charge on any atom is -0.487 e. The third kappa shape index (κ3) is 2.78. The zero-order valence-electron chi connectivity index (χ0n) is 10.4. The van der Waals surface area contributed by atoms with Crippen molar-refractivity contribution in [2.75, 3.05) is 0 Å². The van der Waals surface area contributed by atoms with Crippen LogP contribution in [-0.4, -0.2) is 19.7 Å². The predicted molar refractivity (Wildman–Crippen MR) is 73.7 cm³/mol. The van der Waals surface area contributed by atoms with Gasteiger partial charge in [0, 0.05) is 24.0 Å². The van der Waals surface area contributed by atoms with Crippen molar-refractivity contribution in [3.8, 4) is 17.1 Å². The lowest BCUT2D eigenvalue weighted by Crippen LogP contribution is -1.96. The van der Waals surface area contributed by atoms with Gasteiger partial charge in [0.15, 0.2) is 0 Å². The SMILES string of the molecule is Cc1nc(-c2ccc(OCc3nnsc3Cl)cc2)no1. The third-order valence-electron chi connectivity index (χ3n) is 2.53. The van der Waals surface area contributed by atoms with Gasteiger partial charge in [0.1, 0.15) is 22.4 Å². The molecule has 0 N–H and O–H groups in total. The van der Waals surface area contributed by atoms with E-state index in [1.54, 1.807) is 6.92 Å². The quantitative estimate of drug-likeness (QED) is 0.737. The molecule has 0 aliphatic rings. The van der Waals surface area contributed by atoms with Gasteiger partial charge in [-0.3, -0.25) is 0 Å². The zero-order chi connectivity index (χ0) is 13.9. The summed E-state index contributed by atoms with van der Waals surface area (Å²) in [6, 6.07) is 7.38. The van der Waals surface area contributed by atoms with E-state index in [1.807, 2.05) is 24.3 Å². The molecule has 0 radical (unpaired) electrons. The molecule has 0 bridgehead atoms. The Morgan fingerprint density at radius 1 is 1.30 bits per heavy atom. The number of ether oxygens (including phenoxy) is 1. The van der Waals surface area contributed by atoms with Gasteiger partial charge in [0.2, 0.25) is 11.7 Å². The van der Waals surface area contributed by atoms with Gasteiger partial charge in [0.05, 0.1) is 0 Å². The van der Waals surface area contributed by atoms with Crippen LogP contribution in [0.4, 0.5) is 0 Å². The number of halogens is 1. The Morgan fingerprint density at radius 2 is 2.10 bits per heavy atom. The van der Waals surface area contributed by atoms with Crippen LogP contribution in [0, 0.1) is 6.92 Å². The highest BCUT2D eigenvalue weighted by molar-refractivity contribution is 7.10. The van der Waals surface area contributed by atoms with Crippen LogP contribution in [0.25, 0.3) is 11.4 Å². The Hall–Kier alpha value is -1.99. The van der Waals surface area contributed by atoms with Crippen LogP contribution < -0.4 is 4.74 Å². The molecular formula is C12H9ClN4O2S. The van der Waals surface area contributed by atoms with E-state index in [-0.39, 0.29) is 6.61 Å². The maximum Gasteiger partial charge on any atom is 0.223 e. The van der Waals surface area contributed by atoms with E-state index in [9.17, 15) is 0 Å². The Kier molecular flexibility index (Phi) is 3.62. The van der Waals surface area contributed by atoms with Gasteiger partial charge in [-0.2, -0.15) is 4.98 Å². The molecule has 0 saturated heterocycles. The zero-order valence-corrected chi connectivity index (χ0v) is 12.0. The lowest BCUT2D eigenvalue weighted by atomic mass is 10.2. The largest absolute Gasteiger partial charge is 0.487 e. The Balaban J connectivity index is 1.69. The number of aryl methyl sites for hydroxylation is 1. The summed E-state index contributed by atoms with van der Waals surface area (Å²) in [7, 11) is 0. The molecule has 0 aliphatic heterocycles. The fourth-order valence-electron chi connectivity index (χ4n) is 1.55. The van der Waals surface area contributed by atoms with Crippen molar-refractivity contribution in [2.24, 2.45) is 0 Å². The predicted octanol–water partition coefficient (Wildman–Crippen LogP) is 3.13. The fourth-order valence-corrected chi connectivity index (χ4v) is 2.15. The second-order valence-electron chi connectivity index (χ2n) is 3.94. The maximum atomic E-state index is 5.90. The van der Waals surface area contributed by atoms with E-state index in [0.29, 0.717) is 27.5 Å². The highest BCUT2D eigenvalue weighted by atomic mass is 35.5. The lowest BCUT2D eigenvalue weighted by molar-refractivity contribution is 0.301. The number of rotatable bonds is 4. The molecule has 2 heterocycles. The van der Waals surface area contributed by atoms with Crippen molar-refractivity contribution >= 4 is 23.1 Å². The molecule has 1 aromatic carbocycles. The molecule has 0 unspecified atom stereocenters. The second-order valence-corrected chi connectivity index (χ2v) is 5.30. The van der Waals surface area contributed by atoms with E-state index in [2.05, 4.69) is 19.7 Å². The van der Waals surface area contributed by atoms with Crippen LogP contribution in [0.1, 0.15) is 11.6 Å². The number of benzene rings is 1. The first kappa shape index (κ1) is 13.0. The standard InChI is InChI=1S/C12H9ClN4O2S/c1-7-14-12(16-19-7)8-2-4-9(5-3-8)18-6-10-11(13)20-17-15-10/h2-5H,6H2,1H3. The van der Waals surface area contributed by atoms with E-state index in [4.69, 9.17) is 20.9 Å². The molecule has 0 aliphatic carbocycles. The first-order valence-electron chi connectivity index (χ1n) is 5.72. The van der Waals surface area contributed by atoms with Crippen LogP contribution in [0.2, 0.25) is 4.34 Å². The van der Waals surface area contributed by atoms with Gasteiger partial charge in [-0.1, -0.05) is 21.2 Å². The summed E-state index contributed by atoms with van der Waals surface area (Å²) in [5.41, 5.74) is 1.50. The molecule has 0 atom stereocenters. The topological polar surface area (TPSA) is 73.9 Å². The summed E-state index contributed by atoms with van der Waals surface area (Å²) >= 11 is 7.04. The molecule has 3 rings (SSSR count). The van der Waals surface area contributed by atoms with Gasteiger partial charge in [0.25, 0.3) is 0 Å². The molecule has 0 amide bonds. The van der Waals surface area contributed by atoms with Crippen molar-refractivity contribution in [1.82, 2.24) is 19.7 Å². The van der Waals surface area contributed by atoms with Crippen LogP contribution in [0.15, 0.2) is 28.8 Å². The Labute approximate surface area is 123 Å².